The fourth-order valence-corrected chi connectivity index (χ4v) is 1.57. The van der Waals surface area contributed by atoms with Crippen molar-refractivity contribution < 1.29 is 45.0 Å². The van der Waals surface area contributed by atoms with E-state index in [-0.39, 0.29) is 0 Å². The molecule has 0 unspecified atom stereocenters. The van der Waals surface area contributed by atoms with E-state index >= 15 is 0 Å². The summed E-state index contributed by atoms with van der Waals surface area (Å²) in [6.07, 6.45) is -7.99. The van der Waals surface area contributed by atoms with E-state index in [9.17, 15) is 19.8 Å². The van der Waals surface area contributed by atoms with Crippen LogP contribution < -0.4 is 0 Å². The van der Waals surface area contributed by atoms with E-state index in [2.05, 4.69) is 4.74 Å². The van der Waals surface area contributed by atoms with Gasteiger partial charge in [-0.15, -0.1) is 0 Å². The fourth-order valence-electron chi connectivity index (χ4n) is 1.06. The van der Waals surface area contributed by atoms with Crippen LogP contribution in [0.1, 0.15) is 0 Å². The van der Waals surface area contributed by atoms with Crippen LogP contribution in [-0.2, 0) is 9.53 Å². The number of aliphatic carboxylic acids is 1. The van der Waals surface area contributed by atoms with Crippen molar-refractivity contribution in [3.05, 3.63) is 0 Å². The van der Waals surface area contributed by atoms with Crippen LogP contribution in [-0.4, -0.2) is 98.5 Å². The molecule has 0 aliphatic rings. The van der Waals surface area contributed by atoms with E-state index in [4.69, 9.17) is 20.4 Å². The molecule has 0 saturated heterocycles. The van der Waals surface area contributed by atoms with Crippen molar-refractivity contribution in [2.75, 3.05) is 6.61 Å². The Morgan fingerprint density at radius 1 is 1.24 bits per heavy atom. The number of carbonyl (C=O) groups is 2. The normalized spacial score (nSPS) is 19.9. The predicted octanol–water partition coefficient (Wildman–Crippen LogP) is -3.29. The van der Waals surface area contributed by atoms with E-state index in [1.165, 1.54) is 0 Å². The molecular formula is C7H11NaO9. The second kappa shape index (κ2) is 6.50. The molecule has 0 spiro atoms. The third kappa shape index (κ3) is 4.07. The SMILES string of the molecule is O=C(O)O[C@@]([Na])(C(=O)O)[C@@H](O)[C@H](O)[C@H](O)CO. The van der Waals surface area contributed by atoms with Gasteiger partial charge in [0.25, 0.3) is 0 Å². The minimum atomic E-state index is -2.53. The van der Waals surface area contributed by atoms with Gasteiger partial charge in [-0.05, 0) is 0 Å². The van der Waals surface area contributed by atoms with Gasteiger partial charge >= 0.3 is 113 Å². The molecular weight excluding hydrogens is 251 g/mol. The van der Waals surface area contributed by atoms with Crippen LogP contribution in [0, 0.1) is 0 Å². The molecule has 0 aromatic heterocycles. The Balaban J connectivity index is 5.06. The van der Waals surface area contributed by atoms with Crippen molar-refractivity contribution in [1.29, 1.82) is 0 Å². The Kier molecular flexibility index (Phi) is 6.34. The van der Waals surface area contributed by atoms with Gasteiger partial charge in [0.05, 0.1) is 0 Å². The maximum atomic E-state index is 10.8. The molecule has 0 aromatic rings. The third-order valence-electron chi connectivity index (χ3n) is 2.19. The molecule has 94 valence electrons. The second-order valence-electron chi connectivity index (χ2n) is 3.47. The molecule has 10 heteroatoms. The van der Waals surface area contributed by atoms with Gasteiger partial charge in [0, 0.05) is 0 Å². The van der Waals surface area contributed by atoms with Crippen molar-refractivity contribution in [1.82, 2.24) is 0 Å². The maximum absolute atomic E-state index is 10.8. The summed E-state index contributed by atoms with van der Waals surface area (Å²) in [5.74, 6) is -1.79. The van der Waals surface area contributed by atoms with Crippen LogP contribution in [0.2, 0.25) is 0 Å². The number of carboxylic acid groups (broad SMARTS) is 2. The monoisotopic (exact) mass is 262 g/mol. The van der Waals surface area contributed by atoms with Crippen molar-refractivity contribution in [2.24, 2.45) is 0 Å². The Labute approximate surface area is 113 Å². The summed E-state index contributed by atoms with van der Waals surface area (Å²) in [6, 6.07) is 0. The molecule has 0 rings (SSSR count). The van der Waals surface area contributed by atoms with Gasteiger partial charge in [0.15, 0.2) is 0 Å². The molecule has 0 aliphatic heterocycles. The number of aliphatic hydroxyl groups excluding tert-OH is 4. The molecule has 0 aliphatic carbocycles. The molecule has 0 fully saturated rings. The van der Waals surface area contributed by atoms with Gasteiger partial charge in [-0.25, -0.2) is 0 Å². The fraction of sp³-hybridized carbons (Fsp3) is 0.714. The number of hydrogen-bond acceptors (Lipinski definition) is 7. The molecule has 0 aromatic carbocycles. The predicted molar refractivity (Wildman–Crippen MR) is 50.3 cm³/mol. The van der Waals surface area contributed by atoms with E-state index in [0.717, 1.165) is 0 Å². The van der Waals surface area contributed by atoms with Crippen LogP contribution in [0.4, 0.5) is 4.79 Å². The topological polar surface area (TPSA) is 165 Å². The van der Waals surface area contributed by atoms with E-state index < -0.39 is 67.8 Å². The zero-order valence-corrected chi connectivity index (χ0v) is 10.8. The Hall–Kier alpha value is -0.420. The van der Waals surface area contributed by atoms with E-state index in [0.29, 0.717) is 0 Å². The molecule has 4 atom stereocenters. The number of ether oxygens (including phenoxy) is 1. The Morgan fingerprint density at radius 2 is 1.71 bits per heavy atom. The first-order valence-corrected chi connectivity index (χ1v) is 5.47. The van der Waals surface area contributed by atoms with Gasteiger partial charge < -0.3 is 0 Å². The van der Waals surface area contributed by atoms with E-state index in [1.54, 1.807) is 0 Å². The van der Waals surface area contributed by atoms with Crippen LogP contribution in [0.25, 0.3) is 0 Å². The Morgan fingerprint density at radius 3 is 2.00 bits per heavy atom. The van der Waals surface area contributed by atoms with Gasteiger partial charge in [-0.3, -0.25) is 0 Å². The summed E-state index contributed by atoms with van der Waals surface area (Å²) in [6.45, 7) is -0.928. The summed E-state index contributed by atoms with van der Waals surface area (Å²) < 4.78 is 1.53. The number of carboxylic acids is 1. The second-order valence-corrected chi connectivity index (χ2v) is 4.95. The molecule has 0 bridgehead atoms. The van der Waals surface area contributed by atoms with Crippen LogP contribution in [0.5, 0.6) is 0 Å². The van der Waals surface area contributed by atoms with Crippen molar-refractivity contribution in [3.63, 3.8) is 0 Å². The van der Waals surface area contributed by atoms with E-state index in [1.807, 2.05) is 0 Å². The third-order valence-corrected chi connectivity index (χ3v) is 3.42. The van der Waals surface area contributed by atoms with Gasteiger partial charge in [-0.1, -0.05) is 0 Å². The number of hydrogen-bond donors (Lipinski definition) is 6. The standard InChI is InChI=1S/C7H11O9.Na/c8-1-2(9)3(10)4(11)5(6(12)13)16-7(14)15;/h2-4,8-11H,1H2,(H,12,13)(H,14,15);/t2-,3-,4+;/m1./s1. The van der Waals surface area contributed by atoms with Crippen molar-refractivity contribution >= 4 is 40.1 Å². The summed E-state index contributed by atoms with van der Waals surface area (Å²) in [5.41, 5.74) is 0. The summed E-state index contributed by atoms with van der Waals surface area (Å²) >= 11 is -0.475. The molecule has 17 heavy (non-hydrogen) atoms. The van der Waals surface area contributed by atoms with Gasteiger partial charge in [-0.2, -0.15) is 0 Å². The molecule has 6 N–H and O–H groups in total. The molecule has 9 nitrogen and oxygen atoms in total. The van der Waals surface area contributed by atoms with Gasteiger partial charge in [0.1, 0.15) is 0 Å². The first kappa shape index (κ1) is 16.6. The summed E-state index contributed by atoms with van der Waals surface area (Å²) in [4.78, 5) is 21.2. The average molecular weight is 262 g/mol. The molecule has 0 heterocycles. The quantitative estimate of drug-likeness (QED) is 0.212. The van der Waals surface area contributed by atoms with Crippen molar-refractivity contribution in [3.8, 4) is 0 Å². The summed E-state index contributed by atoms with van der Waals surface area (Å²) in [7, 11) is 0. The zero-order valence-electron chi connectivity index (χ0n) is 8.85. The zero-order chi connectivity index (χ0) is 13.8. The number of rotatable bonds is 6. The van der Waals surface area contributed by atoms with Crippen LogP contribution in [0.15, 0.2) is 0 Å². The first-order chi connectivity index (χ1) is 7.66. The molecule has 0 saturated carbocycles. The van der Waals surface area contributed by atoms with Crippen molar-refractivity contribution in [2.45, 2.75) is 21.2 Å². The van der Waals surface area contributed by atoms with Crippen LogP contribution >= 0.6 is 0 Å². The Bertz CT molecular complexity index is 295. The molecule has 0 amide bonds. The molecule has 0 radical (unpaired) electrons. The average Bonchev–Trinajstić information content (AvgIpc) is 2.24. The first-order valence-electron chi connectivity index (χ1n) is 4.47. The van der Waals surface area contributed by atoms with Gasteiger partial charge in [0.2, 0.25) is 0 Å². The minimum absolute atomic E-state index is 0.475. The van der Waals surface area contributed by atoms with Crippen LogP contribution in [0.3, 0.4) is 0 Å². The summed E-state index contributed by atoms with van der Waals surface area (Å²) in [5, 5.41) is 53.5. The number of aliphatic hydroxyl groups is 4.